The van der Waals surface area contributed by atoms with Crippen molar-refractivity contribution in [2.45, 2.75) is 132 Å². The van der Waals surface area contributed by atoms with E-state index >= 15 is 0 Å². The Morgan fingerprint density at radius 3 is 1.82 bits per heavy atom. The maximum Gasteiger partial charge on any atom is 0.316 e. The van der Waals surface area contributed by atoms with Crippen molar-refractivity contribution in [1.82, 2.24) is 26.2 Å². The molecule has 2 aliphatic carbocycles. The monoisotopic (exact) mass is 632 g/mol. The number of ketones is 1. The summed E-state index contributed by atoms with van der Waals surface area (Å²) in [5.41, 5.74) is 3.23. The predicted molar refractivity (Wildman–Crippen MR) is 170 cm³/mol. The molecule has 12 heteroatoms. The summed E-state index contributed by atoms with van der Waals surface area (Å²) in [5.74, 6) is -3.06. The van der Waals surface area contributed by atoms with Gasteiger partial charge in [-0.2, -0.15) is 0 Å². The first-order chi connectivity index (χ1) is 20.4. The fourth-order valence-electron chi connectivity index (χ4n) is 6.77. The largest absolute Gasteiger partial charge is 0.363 e. The zero-order valence-electron chi connectivity index (χ0n) is 29.1. The normalized spacial score (nSPS) is 24.7. The lowest BCUT2D eigenvalue weighted by Gasteiger charge is -2.39. The number of Topliss-reactive ketones (excluding diaryl/α,β-unsaturated/α-hetero) is 1. The van der Waals surface area contributed by atoms with Gasteiger partial charge in [0, 0.05) is 12.1 Å². The predicted octanol–water partition coefficient (Wildman–Crippen LogP) is 2.24. The number of carbonyl (C=O) groups excluding carboxylic acids is 6. The van der Waals surface area contributed by atoms with Gasteiger partial charge in [0.2, 0.25) is 23.5 Å². The van der Waals surface area contributed by atoms with Crippen molar-refractivity contribution in [3.63, 3.8) is 0 Å². The highest BCUT2D eigenvalue weighted by Crippen LogP contribution is 2.65. The van der Waals surface area contributed by atoms with Gasteiger partial charge in [-0.3, -0.25) is 24.0 Å². The third kappa shape index (κ3) is 8.35. The molecule has 1 heterocycles. The van der Waals surface area contributed by atoms with Crippen molar-refractivity contribution in [3.05, 3.63) is 0 Å². The topological polar surface area (TPSA) is 180 Å². The van der Waals surface area contributed by atoms with Gasteiger partial charge in [0.15, 0.2) is 0 Å². The van der Waals surface area contributed by atoms with E-state index in [9.17, 15) is 28.8 Å². The molecular formula is C33H56N6O6. The first kappa shape index (κ1) is 36.3. The van der Waals surface area contributed by atoms with E-state index in [1.165, 1.54) is 4.90 Å². The van der Waals surface area contributed by atoms with Gasteiger partial charge in [0.1, 0.15) is 18.1 Å². The van der Waals surface area contributed by atoms with Gasteiger partial charge in [-0.25, -0.2) is 4.79 Å². The van der Waals surface area contributed by atoms with Crippen LogP contribution in [0.4, 0.5) is 4.79 Å². The van der Waals surface area contributed by atoms with E-state index in [2.05, 4.69) is 21.3 Å². The summed E-state index contributed by atoms with van der Waals surface area (Å²) in [6, 6.07) is -4.52. The molecular weight excluding hydrogens is 576 g/mol. The van der Waals surface area contributed by atoms with E-state index in [0.717, 1.165) is 19.3 Å². The molecule has 12 nitrogen and oxygen atoms in total. The molecule has 0 aromatic rings. The molecule has 3 aliphatic rings. The second-order valence-electron chi connectivity index (χ2n) is 17.2. The highest BCUT2D eigenvalue weighted by molar-refractivity contribution is 6.37. The number of nitrogens with two attached hydrogens (primary N) is 1. The van der Waals surface area contributed by atoms with E-state index in [1.54, 1.807) is 0 Å². The summed E-state index contributed by atoms with van der Waals surface area (Å²) in [4.78, 5) is 80.7. The molecule has 0 aromatic heterocycles. The van der Waals surface area contributed by atoms with Crippen molar-refractivity contribution >= 4 is 35.4 Å². The lowest BCUT2D eigenvalue weighted by Crippen LogP contribution is -2.63. The van der Waals surface area contributed by atoms with Crippen LogP contribution in [0.15, 0.2) is 0 Å². The van der Waals surface area contributed by atoms with Gasteiger partial charge < -0.3 is 31.9 Å². The van der Waals surface area contributed by atoms with E-state index in [1.807, 2.05) is 76.2 Å². The Labute approximate surface area is 268 Å². The summed E-state index contributed by atoms with van der Waals surface area (Å²) < 4.78 is 0. The number of fused-ring (bicyclic) bond motifs is 1. The Kier molecular flexibility index (Phi) is 10.1. The fourth-order valence-corrected chi connectivity index (χ4v) is 6.77. The molecule has 6 N–H and O–H groups in total. The number of likely N-dealkylation sites (tertiary alicyclic amines) is 1. The molecule has 0 aromatic carbocycles. The molecule has 3 fully saturated rings. The third-order valence-electron chi connectivity index (χ3n) is 9.72. The number of nitrogens with zero attached hydrogens (tertiary/aromatic N) is 1. The minimum atomic E-state index is -1.10. The van der Waals surface area contributed by atoms with Crippen LogP contribution < -0.4 is 27.0 Å². The first-order valence-electron chi connectivity index (χ1n) is 16.2. The molecule has 2 saturated carbocycles. The van der Waals surface area contributed by atoms with Crippen LogP contribution in [0.2, 0.25) is 0 Å². The number of nitrogens with one attached hydrogen (secondary N) is 4. The maximum atomic E-state index is 14.3. The van der Waals surface area contributed by atoms with Crippen molar-refractivity contribution in [3.8, 4) is 0 Å². The van der Waals surface area contributed by atoms with Gasteiger partial charge in [0.05, 0.1) is 6.04 Å². The summed E-state index contributed by atoms with van der Waals surface area (Å²) in [5, 5.41) is 11.3. The average Bonchev–Trinajstić information content (AvgIpc) is 3.17. The molecule has 45 heavy (non-hydrogen) atoms. The Hall–Kier alpha value is -3.18. The van der Waals surface area contributed by atoms with Gasteiger partial charge in [0.25, 0.3) is 5.91 Å². The van der Waals surface area contributed by atoms with Crippen LogP contribution in [0, 0.1) is 34.0 Å². The first-order valence-corrected chi connectivity index (χ1v) is 16.2. The molecule has 6 amide bonds. The minimum Gasteiger partial charge on any atom is -0.363 e. The van der Waals surface area contributed by atoms with Gasteiger partial charge in [-0.1, -0.05) is 74.7 Å². The lowest BCUT2D eigenvalue weighted by atomic mass is 9.80. The zero-order valence-corrected chi connectivity index (χ0v) is 29.1. The average molecular weight is 633 g/mol. The lowest BCUT2D eigenvalue weighted by molar-refractivity contribution is -0.145. The quantitative estimate of drug-likeness (QED) is 0.230. The SMILES string of the molecule is CC(C)(C)NC(=O)[C@@H](NC(=O)N[C@H](C(=O)N1C[C@H]2[C@@H]([C@H]1C(=O)NC(CC1CCC1)C(=O)C(N)=O)C2(C)C)C(C)(C)C)C(C)(C)C. The summed E-state index contributed by atoms with van der Waals surface area (Å²) in [6.07, 6.45) is 3.19. The fraction of sp³-hybridized carbons (Fsp3) is 0.818. The number of amides is 6. The van der Waals surface area contributed by atoms with Crippen LogP contribution in [0.3, 0.4) is 0 Å². The second-order valence-corrected chi connectivity index (χ2v) is 17.2. The van der Waals surface area contributed by atoms with Gasteiger partial charge in [-0.05, 0) is 61.2 Å². The summed E-state index contributed by atoms with van der Waals surface area (Å²) in [6.45, 7) is 21.0. The Morgan fingerprint density at radius 2 is 1.38 bits per heavy atom. The molecule has 0 radical (unpaired) electrons. The second kappa shape index (κ2) is 12.5. The smallest absolute Gasteiger partial charge is 0.316 e. The number of rotatable bonds is 10. The van der Waals surface area contributed by atoms with Gasteiger partial charge >= 0.3 is 6.03 Å². The van der Waals surface area contributed by atoms with Crippen molar-refractivity contribution < 1.29 is 28.8 Å². The highest BCUT2D eigenvalue weighted by Gasteiger charge is 2.70. The molecule has 1 unspecified atom stereocenters. The van der Waals surface area contributed by atoms with E-state index < -0.39 is 70.1 Å². The van der Waals surface area contributed by atoms with Crippen LogP contribution in [-0.4, -0.2) is 76.6 Å². The summed E-state index contributed by atoms with van der Waals surface area (Å²) in [7, 11) is 0. The highest BCUT2D eigenvalue weighted by atomic mass is 16.2. The van der Waals surface area contributed by atoms with Crippen molar-refractivity contribution in [2.24, 2.45) is 39.7 Å². The molecule has 0 bridgehead atoms. The van der Waals surface area contributed by atoms with E-state index in [-0.39, 0.29) is 29.1 Å². The van der Waals surface area contributed by atoms with Crippen LogP contribution in [0.25, 0.3) is 0 Å². The van der Waals surface area contributed by atoms with E-state index in [4.69, 9.17) is 5.73 Å². The number of hydrogen-bond donors (Lipinski definition) is 5. The number of primary amides is 1. The molecule has 0 spiro atoms. The molecule has 3 rings (SSSR count). The number of carbonyl (C=O) groups is 6. The van der Waals surface area contributed by atoms with Crippen LogP contribution >= 0.6 is 0 Å². The van der Waals surface area contributed by atoms with E-state index in [0.29, 0.717) is 13.0 Å². The molecule has 6 atom stereocenters. The van der Waals surface area contributed by atoms with Gasteiger partial charge in [-0.15, -0.1) is 0 Å². The molecule has 254 valence electrons. The van der Waals surface area contributed by atoms with Crippen molar-refractivity contribution in [1.29, 1.82) is 0 Å². The Balaban J connectivity index is 1.84. The minimum absolute atomic E-state index is 0.0648. The zero-order chi connectivity index (χ0) is 34.4. The van der Waals surface area contributed by atoms with Crippen LogP contribution in [-0.2, 0) is 24.0 Å². The Bertz CT molecular complexity index is 1210. The van der Waals surface area contributed by atoms with Crippen molar-refractivity contribution in [2.75, 3.05) is 6.54 Å². The number of piperidine rings is 1. The Morgan fingerprint density at radius 1 is 0.844 bits per heavy atom. The number of hydrogen-bond acceptors (Lipinski definition) is 6. The van der Waals surface area contributed by atoms with Crippen LogP contribution in [0.1, 0.15) is 102 Å². The number of urea groups is 1. The maximum absolute atomic E-state index is 14.3. The molecule has 1 saturated heterocycles. The summed E-state index contributed by atoms with van der Waals surface area (Å²) >= 11 is 0. The third-order valence-corrected chi connectivity index (χ3v) is 9.72. The molecule has 1 aliphatic heterocycles. The van der Waals surface area contributed by atoms with Crippen LogP contribution in [0.5, 0.6) is 0 Å². The standard InChI is InChI=1S/C33H56N6O6/c1-30(2,3)23(27(43)38-32(7,8)9)36-29(45)37-24(31(4,5)6)28(44)39-16-18-20(33(18,10)11)21(39)26(42)35-19(22(40)25(34)41)15-17-13-12-14-17/h17-21,23-24H,12-16H2,1-11H3,(H2,34,41)(H,35,42)(H,38,43)(H2,36,37,45)/t18-,19?,20-,21-,23+,24+/m0/s1.